The molecular formula is C22H26N2O7. The van der Waals surface area contributed by atoms with Crippen LogP contribution in [0.15, 0.2) is 42.5 Å². The van der Waals surface area contributed by atoms with Crippen molar-refractivity contribution in [2.45, 2.75) is 32.5 Å². The molecular weight excluding hydrogens is 404 g/mol. The molecule has 0 heterocycles. The lowest BCUT2D eigenvalue weighted by Gasteiger charge is -2.17. The first-order valence-electron chi connectivity index (χ1n) is 9.61. The van der Waals surface area contributed by atoms with Gasteiger partial charge in [-0.3, -0.25) is 4.79 Å². The number of carboxylic acids is 1. The van der Waals surface area contributed by atoms with Gasteiger partial charge < -0.3 is 30.8 Å². The van der Waals surface area contributed by atoms with E-state index >= 15 is 0 Å². The number of carboxylic acid groups (broad SMARTS) is 1. The molecule has 0 fully saturated rings. The zero-order valence-electron chi connectivity index (χ0n) is 17.4. The highest BCUT2D eigenvalue weighted by Gasteiger charge is 2.25. The van der Waals surface area contributed by atoms with Crippen LogP contribution < -0.4 is 11.5 Å². The molecule has 0 aromatic heterocycles. The minimum atomic E-state index is -1.19. The maximum absolute atomic E-state index is 12.3. The second-order valence-electron chi connectivity index (χ2n) is 6.87. The van der Waals surface area contributed by atoms with Crippen LogP contribution in [0.2, 0.25) is 0 Å². The highest BCUT2D eigenvalue weighted by molar-refractivity contribution is 5.94. The molecule has 0 amide bonds. The van der Waals surface area contributed by atoms with Gasteiger partial charge in [-0.05, 0) is 43.7 Å². The molecule has 0 spiro atoms. The molecule has 2 unspecified atom stereocenters. The molecule has 0 aliphatic heterocycles. The first kappa shape index (κ1) is 23.7. The largest absolute Gasteiger partial charge is 0.478 e. The highest BCUT2D eigenvalue weighted by Crippen LogP contribution is 2.27. The van der Waals surface area contributed by atoms with Crippen molar-refractivity contribution in [1.29, 1.82) is 0 Å². The fraction of sp³-hybridized carbons (Fsp3) is 0.318. The van der Waals surface area contributed by atoms with Crippen molar-refractivity contribution in [3.8, 4) is 0 Å². The Labute approximate surface area is 179 Å². The molecule has 0 saturated heterocycles. The summed E-state index contributed by atoms with van der Waals surface area (Å²) in [7, 11) is 0. The van der Waals surface area contributed by atoms with Gasteiger partial charge in [0.05, 0.1) is 18.1 Å². The van der Waals surface area contributed by atoms with Crippen molar-refractivity contribution in [3.05, 3.63) is 59.2 Å². The maximum atomic E-state index is 12.3. The molecule has 9 heteroatoms. The minimum absolute atomic E-state index is 0.0667. The van der Waals surface area contributed by atoms with Crippen molar-refractivity contribution in [1.82, 2.24) is 0 Å². The average molecular weight is 430 g/mol. The van der Waals surface area contributed by atoms with Crippen molar-refractivity contribution < 1.29 is 33.7 Å². The summed E-state index contributed by atoms with van der Waals surface area (Å²) in [6, 6.07) is 11.4. The average Bonchev–Trinajstić information content (AvgIpc) is 2.75. The van der Waals surface area contributed by atoms with Gasteiger partial charge in [-0.1, -0.05) is 18.2 Å². The third kappa shape index (κ3) is 6.71. The monoisotopic (exact) mass is 430 g/mol. The lowest BCUT2D eigenvalue weighted by molar-refractivity contribution is -0.161. The highest BCUT2D eigenvalue weighted by atomic mass is 16.6. The maximum Gasteiger partial charge on any atom is 0.336 e. The van der Waals surface area contributed by atoms with Crippen molar-refractivity contribution in [2.75, 3.05) is 24.7 Å². The molecule has 9 nitrogen and oxygen atoms in total. The van der Waals surface area contributed by atoms with Crippen LogP contribution in [0.3, 0.4) is 0 Å². The Bertz CT molecular complexity index is 928. The van der Waals surface area contributed by atoms with Crippen LogP contribution in [0.25, 0.3) is 0 Å². The molecule has 166 valence electrons. The van der Waals surface area contributed by atoms with Crippen LogP contribution in [0.1, 0.15) is 41.3 Å². The van der Waals surface area contributed by atoms with E-state index in [0.717, 1.165) is 5.56 Å². The summed E-state index contributed by atoms with van der Waals surface area (Å²) in [4.78, 5) is 35.7. The number of benzene rings is 2. The number of hydrogen-bond acceptors (Lipinski definition) is 8. The number of aromatic carboxylic acids is 1. The van der Waals surface area contributed by atoms with E-state index in [0.29, 0.717) is 5.69 Å². The molecule has 0 aliphatic carbocycles. The van der Waals surface area contributed by atoms with E-state index in [1.165, 1.54) is 25.1 Å². The van der Waals surface area contributed by atoms with Gasteiger partial charge in [0.1, 0.15) is 13.2 Å². The van der Waals surface area contributed by atoms with Gasteiger partial charge >= 0.3 is 17.9 Å². The van der Waals surface area contributed by atoms with Gasteiger partial charge in [-0.2, -0.15) is 0 Å². The molecule has 0 aliphatic rings. The lowest BCUT2D eigenvalue weighted by Crippen LogP contribution is -2.26. The molecule has 2 rings (SSSR count). The second-order valence-corrected chi connectivity index (χ2v) is 6.87. The number of carbonyl (C=O) groups excluding carboxylic acids is 2. The zero-order valence-corrected chi connectivity index (χ0v) is 17.4. The van der Waals surface area contributed by atoms with Crippen molar-refractivity contribution in [3.63, 3.8) is 0 Å². The normalized spacial score (nSPS) is 12.6. The summed E-state index contributed by atoms with van der Waals surface area (Å²) in [5, 5.41) is 9.29. The second kappa shape index (κ2) is 11.0. The Hall–Kier alpha value is -3.59. The van der Waals surface area contributed by atoms with E-state index in [4.69, 9.17) is 25.7 Å². The molecule has 2 aromatic carbocycles. The summed E-state index contributed by atoms with van der Waals surface area (Å²) in [6.07, 6.45) is -0.811. The van der Waals surface area contributed by atoms with Crippen LogP contribution in [-0.2, 0) is 30.4 Å². The van der Waals surface area contributed by atoms with E-state index in [-0.39, 0.29) is 36.6 Å². The van der Waals surface area contributed by atoms with E-state index in [1.54, 1.807) is 31.2 Å². The number of hydrogen-bond donors (Lipinski definition) is 3. The topological polar surface area (TPSA) is 151 Å². The van der Waals surface area contributed by atoms with Crippen LogP contribution in [0, 0.1) is 0 Å². The first-order chi connectivity index (χ1) is 14.7. The third-order valence-electron chi connectivity index (χ3n) is 4.54. The Morgan fingerprint density at radius 1 is 0.935 bits per heavy atom. The van der Waals surface area contributed by atoms with E-state index in [9.17, 15) is 19.5 Å². The molecule has 31 heavy (non-hydrogen) atoms. The van der Waals surface area contributed by atoms with E-state index < -0.39 is 29.9 Å². The Kier molecular flexibility index (Phi) is 8.39. The predicted molar refractivity (Wildman–Crippen MR) is 113 cm³/mol. The fourth-order valence-corrected chi connectivity index (χ4v) is 2.80. The Balaban J connectivity index is 1.77. The van der Waals surface area contributed by atoms with Crippen LogP contribution in [-0.4, -0.2) is 42.3 Å². The fourth-order valence-electron chi connectivity index (χ4n) is 2.80. The smallest absolute Gasteiger partial charge is 0.336 e. The SMILES string of the molecule is CC(OCc1ccc(N)cc1)C(=O)OCCOC(=O)C(C)c1c(N)cccc1C(=O)O. The van der Waals surface area contributed by atoms with Gasteiger partial charge in [-0.25, -0.2) is 9.59 Å². The molecule has 0 saturated carbocycles. The molecule has 5 N–H and O–H groups in total. The third-order valence-corrected chi connectivity index (χ3v) is 4.54. The summed E-state index contributed by atoms with van der Waals surface area (Å²) in [5.41, 5.74) is 13.3. The summed E-state index contributed by atoms with van der Waals surface area (Å²) in [5.74, 6) is -3.36. The minimum Gasteiger partial charge on any atom is -0.478 e. The van der Waals surface area contributed by atoms with Gasteiger partial charge in [0.25, 0.3) is 0 Å². The number of anilines is 2. The van der Waals surface area contributed by atoms with Crippen LogP contribution in [0.4, 0.5) is 11.4 Å². The zero-order chi connectivity index (χ0) is 23.0. The van der Waals surface area contributed by atoms with Crippen molar-refractivity contribution in [2.24, 2.45) is 0 Å². The number of nitrogens with two attached hydrogens (primary N) is 2. The molecule has 0 radical (unpaired) electrons. The quantitative estimate of drug-likeness (QED) is 0.293. The van der Waals surface area contributed by atoms with Gasteiger partial charge in [0.2, 0.25) is 0 Å². The standard InChI is InChI=1S/C22H26N2O7/c1-13(19-17(20(25)26)4-3-5-18(19)24)21(27)29-10-11-30-22(28)14(2)31-12-15-6-8-16(23)9-7-15/h3-9,13-14H,10-12,23-24H2,1-2H3,(H,25,26). The predicted octanol–water partition coefficient (Wildman–Crippen LogP) is 2.34. The van der Waals surface area contributed by atoms with E-state index in [1.807, 2.05) is 0 Å². The molecule has 2 atom stereocenters. The molecule has 2 aromatic rings. The summed E-state index contributed by atoms with van der Waals surface area (Å²) < 4.78 is 15.6. The van der Waals surface area contributed by atoms with Gasteiger partial charge in [-0.15, -0.1) is 0 Å². The Morgan fingerprint density at radius 2 is 1.55 bits per heavy atom. The van der Waals surface area contributed by atoms with Crippen molar-refractivity contribution >= 4 is 29.3 Å². The number of carbonyl (C=O) groups is 3. The van der Waals surface area contributed by atoms with Crippen LogP contribution >= 0.6 is 0 Å². The van der Waals surface area contributed by atoms with E-state index in [2.05, 4.69) is 0 Å². The number of ether oxygens (including phenoxy) is 3. The van der Waals surface area contributed by atoms with Gasteiger partial charge in [0, 0.05) is 16.9 Å². The molecule has 0 bridgehead atoms. The number of rotatable bonds is 10. The summed E-state index contributed by atoms with van der Waals surface area (Å²) >= 11 is 0. The summed E-state index contributed by atoms with van der Waals surface area (Å²) in [6.45, 7) is 2.92. The number of nitrogen functional groups attached to an aromatic ring is 2. The van der Waals surface area contributed by atoms with Crippen LogP contribution in [0.5, 0.6) is 0 Å². The lowest BCUT2D eigenvalue weighted by atomic mass is 9.94. The Morgan fingerprint density at radius 3 is 2.16 bits per heavy atom. The first-order valence-corrected chi connectivity index (χ1v) is 9.61. The number of esters is 2. The van der Waals surface area contributed by atoms with Gasteiger partial charge in [0.15, 0.2) is 6.10 Å².